The second-order valence-electron chi connectivity index (χ2n) is 7.31. The molecule has 1 unspecified atom stereocenters. The lowest BCUT2D eigenvalue weighted by molar-refractivity contribution is -0.142. The Kier molecular flexibility index (Phi) is 5.94. The molecule has 134 valence electrons. The van der Waals surface area contributed by atoms with Crippen LogP contribution in [0.4, 0.5) is 13.2 Å². The monoisotopic (exact) mass is 336 g/mol. The predicted octanol–water partition coefficient (Wildman–Crippen LogP) is 2.32. The Morgan fingerprint density at radius 3 is 2.57 bits per heavy atom. The molecule has 2 aliphatic rings. The summed E-state index contributed by atoms with van der Waals surface area (Å²) in [5.41, 5.74) is -0.711. The van der Waals surface area contributed by atoms with Crippen molar-refractivity contribution in [3.8, 4) is 0 Å². The molecule has 0 spiro atoms. The molecule has 1 atom stereocenters. The van der Waals surface area contributed by atoms with Gasteiger partial charge in [-0.1, -0.05) is 6.92 Å². The summed E-state index contributed by atoms with van der Waals surface area (Å²) in [5.74, 6) is -0.314. The molecule has 1 saturated heterocycles. The largest absolute Gasteiger partial charge is 0.405 e. The third-order valence-electron chi connectivity index (χ3n) is 5.06. The molecule has 1 aliphatic carbocycles. The molecule has 1 heterocycles. The highest BCUT2D eigenvalue weighted by molar-refractivity contribution is 5.79. The minimum atomic E-state index is -4.38. The average molecular weight is 336 g/mol. The van der Waals surface area contributed by atoms with Gasteiger partial charge in [-0.3, -0.25) is 9.69 Å². The van der Waals surface area contributed by atoms with Crippen molar-refractivity contribution in [2.24, 2.45) is 11.8 Å². The lowest BCUT2D eigenvalue weighted by Crippen LogP contribution is -2.51. The van der Waals surface area contributed by atoms with E-state index in [1.54, 1.807) is 0 Å². The quantitative estimate of drug-likeness (QED) is 0.828. The smallest absolute Gasteiger partial charge is 0.389 e. The first kappa shape index (κ1) is 18.5. The van der Waals surface area contributed by atoms with Crippen LogP contribution < -0.4 is 5.32 Å². The van der Waals surface area contributed by atoms with E-state index in [0.29, 0.717) is 25.4 Å². The molecule has 1 aliphatic heterocycles. The maximum Gasteiger partial charge on any atom is 0.405 e. The number of rotatable bonds is 4. The van der Waals surface area contributed by atoms with Crippen molar-refractivity contribution < 1.29 is 23.1 Å². The van der Waals surface area contributed by atoms with Crippen molar-refractivity contribution in [3.05, 3.63) is 0 Å². The van der Waals surface area contributed by atoms with Gasteiger partial charge in [0.2, 0.25) is 5.91 Å². The Balaban J connectivity index is 1.82. The molecule has 0 radical (unpaired) electrons. The first-order chi connectivity index (χ1) is 10.7. The molecule has 2 rings (SSSR count). The van der Waals surface area contributed by atoms with Gasteiger partial charge in [-0.2, -0.15) is 13.2 Å². The van der Waals surface area contributed by atoms with Gasteiger partial charge in [0.25, 0.3) is 0 Å². The molecular weight excluding hydrogens is 309 g/mol. The maximum atomic E-state index is 12.2. The van der Waals surface area contributed by atoms with Crippen molar-refractivity contribution in [1.29, 1.82) is 0 Å². The highest BCUT2D eigenvalue weighted by atomic mass is 19.4. The zero-order valence-electron chi connectivity index (χ0n) is 13.7. The van der Waals surface area contributed by atoms with E-state index in [1.165, 1.54) is 0 Å². The van der Waals surface area contributed by atoms with Crippen LogP contribution >= 0.6 is 0 Å². The number of hydrogen-bond donors (Lipinski definition) is 2. The van der Waals surface area contributed by atoms with Crippen LogP contribution in [-0.4, -0.2) is 53.9 Å². The molecule has 4 nitrogen and oxygen atoms in total. The van der Waals surface area contributed by atoms with Crippen LogP contribution in [0.3, 0.4) is 0 Å². The topological polar surface area (TPSA) is 52.6 Å². The number of hydrogen-bond acceptors (Lipinski definition) is 3. The van der Waals surface area contributed by atoms with E-state index >= 15 is 0 Å². The SMILES string of the molecule is CC1CCC(O)(CN2CCCC(C(=O)NCC(F)(F)F)C2)CC1. The number of piperidine rings is 1. The van der Waals surface area contributed by atoms with Gasteiger partial charge in [0.05, 0.1) is 11.5 Å². The fraction of sp³-hybridized carbons (Fsp3) is 0.938. The first-order valence-corrected chi connectivity index (χ1v) is 8.46. The normalized spacial score (nSPS) is 33.4. The number of likely N-dealkylation sites (tertiary alicyclic amines) is 1. The average Bonchev–Trinajstić information content (AvgIpc) is 2.47. The number of alkyl halides is 3. The molecule has 0 aromatic rings. The number of β-amino-alcohol motifs (C(OH)–C–C–N with tert-alkyl or cyclic N) is 1. The van der Waals surface area contributed by atoms with E-state index in [9.17, 15) is 23.1 Å². The van der Waals surface area contributed by atoms with E-state index in [0.717, 1.165) is 38.6 Å². The lowest BCUT2D eigenvalue weighted by atomic mass is 9.79. The summed E-state index contributed by atoms with van der Waals surface area (Å²) in [5, 5.41) is 12.7. The van der Waals surface area contributed by atoms with Crippen LogP contribution in [0.2, 0.25) is 0 Å². The molecule has 2 N–H and O–H groups in total. The summed E-state index contributed by atoms with van der Waals surface area (Å²) in [6, 6.07) is 0. The first-order valence-electron chi connectivity index (χ1n) is 8.46. The van der Waals surface area contributed by atoms with E-state index in [-0.39, 0.29) is 0 Å². The van der Waals surface area contributed by atoms with Crippen molar-refractivity contribution in [1.82, 2.24) is 10.2 Å². The molecule has 0 aromatic carbocycles. The van der Waals surface area contributed by atoms with Gasteiger partial charge in [0.15, 0.2) is 0 Å². The van der Waals surface area contributed by atoms with Gasteiger partial charge >= 0.3 is 6.18 Å². The molecule has 2 fully saturated rings. The molecule has 0 aromatic heterocycles. The predicted molar refractivity (Wildman–Crippen MR) is 80.8 cm³/mol. The van der Waals surface area contributed by atoms with Gasteiger partial charge in [-0.25, -0.2) is 0 Å². The second kappa shape index (κ2) is 7.38. The summed E-state index contributed by atoms with van der Waals surface area (Å²) < 4.78 is 36.6. The number of aliphatic hydroxyl groups is 1. The fourth-order valence-corrected chi connectivity index (χ4v) is 3.62. The molecule has 7 heteroatoms. The Morgan fingerprint density at radius 1 is 1.30 bits per heavy atom. The molecular formula is C16H27F3N2O2. The van der Waals surface area contributed by atoms with Crippen LogP contribution in [0.15, 0.2) is 0 Å². The Bertz CT molecular complexity index is 407. The third kappa shape index (κ3) is 5.95. The van der Waals surface area contributed by atoms with E-state index in [4.69, 9.17) is 0 Å². The fourth-order valence-electron chi connectivity index (χ4n) is 3.62. The van der Waals surface area contributed by atoms with Gasteiger partial charge in [0, 0.05) is 13.1 Å². The van der Waals surface area contributed by atoms with E-state index in [2.05, 4.69) is 6.92 Å². The number of carbonyl (C=O) groups excluding carboxylic acids is 1. The maximum absolute atomic E-state index is 12.2. The van der Waals surface area contributed by atoms with Gasteiger partial charge in [-0.05, 0) is 51.0 Å². The van der Waals surface area contributed by atoms with E-state index < -0.39 is 30.1 Å². The number of halogens is 3. The molecule has 23 heavy (non-hydrogen) atoms. The Morgan fingerprint density at radius 2 is 1.96 bits per heavy atom. The summed E-state index contributed by atoms with van der Waals surface area (Å²) in [4.78, 5) is 13.9. The summed E-state index contributed by atoms with van der Waals surface area (Å²) in [6.07, 6.45) is 0.523. The van der Waals surface area contributed by atoms with Crippen molar-refractivity contribution in [2.75, 3.05) is 26.2 Å². The Labute approximate surface area is 135 Å². The summed E-state index contributed by atoms with van der Waals surface area (Å²) in [6.45, 7) is 2.65. The number of amides is 1. The summed E-state index contributed by atoms with van der Waals surface area (Å²) in [7, 11) is 0. The molecule has 1 amide bonds. The van der Waals surface area contributed by atoms with Crippen LogP contribution in [0, 0.1) is 11.8 Å². The lowest BCUT2D eigenvalue weighted by Gasteiger charge is -2.41. The zero-order valence-corrected chi connectivity index (χ0v) is 13.7. The minimum absolute atomic E-state index is 0.419. The van der Waals surface area contributed by atoms with Crippen molar-refractivity contribution >= 4 is 5.91 Å². The second-order valence-corrected chi connectivity index (χ2v) is 7.31. The van der Waals surface area contributed by atoms with Crippen LogP contribution in [0.25, 0.3) is 0 Å². The minimum Gasteiger partial charge on any atom is -0.389 e. The highest BCUT2D eigenvalue weighted by Gasteiger charge is 2.36. The zero-order chi connectivity index (χ0) is 17.1. The van der Waals surface area contributed by atoms with Crippen LogP contribution in [0.5, 0.6) is 0 Å². The highest BCUT2D eigenvalue weighted by Crippen LogP contribution is 2.33. The molecule has 0 bridgehead atoms. The van der Waals surface area contributed by atoms with Gasteiger partial charge < -0.3 is 10.4 Å². The van der Waals surface area contributed by atoms with Crippen LogP contribution in [0.1, 0.15) is 45.4 Å². The molecule has 1 saturated carbocycles. The van der Waals surface area contributed by atoms with Crippen molar-refractivity contribution in [3.63, 3.8) is 0 Å². The number of nitrogens with one attached hydrogen (secondary N) is 1. The third-order valence-corrected chi connectivity index (χ3v) is 5.06. The Hall–Kier alpha value is -0.820. The van der Waals surface area contributed by atoms with Crippen molar-refractivity contribution in [2.45, 2.75) is 57.2 Å². The van der Waals surface area contributed by atoms with Gasteiger partial charge in [-0.15, -0.1) is 0 Å². The van der Waals surface area contributed by atoms with E-state index in [1.807, 2.05) is 10.2 Å². The van der Waals surface area contributed by atoms with Crippen LogP contribution in [-0.2, 0) is 4.79 Å². The standard InChI is InChI=1S/C16H27F3N2O2/c1-12-4-6-15(23,7-5-12)11-21-8-2-3-13(9-21)14(22)20-10-16(17,18)19/h12-13,23H,2-11H2,1H3,(H,20,22). The number of carbonyl (C=O) groups is 1. The van der Waals surface area contributed by atoms with Gasteiger partial charge in [0.1, 0.15) is 6.54 Å². The summed E-state index contributed by atoms with van der Waals surface area (Å²) >= 11 is 0. The number of nitrogens with zero attached hydrogens (tertiary/aromatic N) is 1.